The first-order valence-electron chi connectivity index (χ1n) is 12.0. The van der Waals surface area contributed by atoms with E-state index in [-0.39, 0.29) is 5.97 Å². The minimum absolute atomic E-state index is 0.337. The highest BCUT2D eigenvalue weighted by molar-refractivity contribution is 7.98. The zero-order chi connectivity index (χ0) is 24.3. The molecule has 5 nitrogen and oxygen atoms in total. The number of pyridine rings is 1. The van der Waals surface area contributed by atoms with E-state index in [0.29, 0.717) is 11.3 Å². The summed E-state index contributed by atoms with van der Waals surface area (Å²) in [4.78, 5) is 23.5. The van der Waals surface area contributed by atoms with Crippen molar-refractivity contribution in [1.82, 2.24) is 4.98 Å². The standard InChI is InChI=1S/C28H33N3O2S/c1-6-30(7-2)21-14-12-20(13-15-21)28(26-23(27(32)33-28)11-10-18-29-26)24-17-16-22(19-25(24)34-5)31(8-3)9-4/h10-19H,6-9H2,1-5H3. The van der Waals surface area contributed by atoms with Gasteiger partial charge in [0.15, 0.2) is 0 Å². The minimum atomic E-state index is -1.09. The largest absolute Gasteiger partial charge is 0.439 e. The molecule has 0 aliphatic carbocycles. The Labute approximate surface area is 207 Å². The summed E-state index contributed by atoms with van der Waals surface area (Å²) in [5.74, 6) is -0.337. The fourth-order valence-electron chi connectivity index (χ4n) is 4.88. The Balaban J connectivity index is 1.94. The Hall–Kier alpha value is -2.99. The Morgan fingerprint density at radius 1 is 0.882 bits per heavy atom. The second-order valence-corrected chi connectivity index (χ2v) is 9.09. The van der Waals surface area contributed by atoms with Crippen LogP contribution in [0.2, 0.25) is 0 Å². The van der Waals surface area contributed by atoms with Gasteiger partial charge in [-0.1, -0.05) is 18.2 Å². The minimum Gasteiger partial charge on any atom is -0.439 e. The zero-order valence-electron chi connectivity index (χ0n) is 20.7. The van der Waals surface area contributed by atoms with E-state index in [1.165, 1.54) is 0 Å². The average Bonchev–Trinajstić information content (AvgIpc) is 3.19. The average molecular weight is 476 g/mol. The normalized spacial score (nSPS) is 16.8. The van der Waals surface area contributed by atoms with Crippen LogP contribution in [0.5, 0.6) is 0 Å². The lowest BCUT2D eigenvalue weighted by molar-refractivity contribution is 0.0235. The number of cyclic esters (lactones) is 1. The topological polar surface area (TPSA) is 45.7 Å². The lowest BCUT2D eigenvalue weighted by atomic mass is 9.82. The molecule has 0 radical (unpaired) electrons. The molecule has 2 heterocycles. The van der Waals surface area contributed by atoms with Gasteiger partial charge in [0.05, 0.1) is 5.56 Å². The first-order chi connectivity index (χ1) is 16.5. The summed E-state index contributed by atoms with van der Waals surface area (Å²) in [5.41, 5.74) is 4.25. The lowest BCUT2D eigenvalue weighted by Crippen LogP contribution is -2.31. The van der Waals surface area contributed by atoms with E-state index in [9.17, 15) is 4.79 Å². The van der Waals surface area contributed by atoms with Gasteiger partial charge in [-0.2, -0.15) is 0 Å². The molecule has 0 bridgehead atoms. The summed E-state index contributed by atoms with van der Waals surface area (Å²) in [7, 11) is 0. The van der Waals surface area contributed by atoms with Crippen LogP contribution in [0, 0.1) is 0 Å². The molecule has 6 heteroatoms. The molecule has 0 saturated heterocycles. The van der Waals surface area contributed by atoms with E-state index in [2.05, 4.69) is 86.2 Å². The van der Waals surface area contributed by atoms with Crippen LogP contribution in [0.4, 0.5) is 11.4 Å². The molecule has 1 aliphatic heterocycles. The summed E-state index contributed by atoms with van der Waals surface area (Å²) < 4.78 is 6.30. The lowest BCUT2D eigenvalue weighted by Gasteiger charge is -2.32. The Kier molecular flexibility index (Phi) is 7.17. The summed E-state index contributed by atoms with van der Waals surface area (Å²) >= 11 is 1.67. The van der Waals surface area contributed by atoms with Gasteiger partial charge in [-0.25, -0.2) is 4.79 Å². The van der Waals surface area contributed by atoms with Crippen LogP contribution in [0.15, 0.2) is 65.7 Å². The number of esters is 1. The smallest absolute Gasteiger partial charge is 0.341 e. The number of ether oxygens (including phenoxy) is 1. The Morgan fingerprint density at radius 2 is 1.50 bits per heavy atom. The summed E-state index contributed by atoms with van der Waals surface area (Å²) in [6.07, 6.45) is 3.81. The van der Waals surface area contributed by atoms with E-state index in [4.69, 9.17) is 9.72 Å². The summed E-state index contributed by atoms with van der Waals surface area (Å²) in [6, 6.07) is 18.4. The summed E-state index contributed by atoms with van der Waals surface area (Å²) in [5, 5.41) is 0. The predicted molar refractivity (Wildman–Crippen MR) is 141 cm³/mol. The maximum atomic E-state index is 13.1. The van der Waals surface area contributed by atoms with E-state index < -0.39 is 5.60 Å². The molecule has 1 atom stereocenters. The van der Waals surface area contributed by atoms with Crippen LogP contribution in [0.25, 0.3) is 0 Å². The Bertz CT molecular complexity index is 1160. The third kappa shape index (κ3) is 3.94. The van der Waals surface area contributed by atoms with E-state index >= 15 is 0 Å². The molecule has 1 aliphatic rings. The molecule has 4 rings (SSSR count). The van der Waals surface area contributed by atoms with Crippen molar-refractivity contribution in [2.75, 3.05) is 42.2 Å². The second kappa shape index (κ2) is 10.1. The van der Waals surface area contributed by atoms with Gasteiger partial charge in [0.2, 0.25) is 5.60 Å². The zero-order valence-corrected chi connectivity index (χ0v) is 21.5. The van der Waals surface area contributed by atoms with Crippen LogP contribution in [-0.2, 0) is 10.3 Å². The highest BCUT2D eigenvalue weighted by atomic mass is 32.2. The van der Waals surface area contributed by atoms with Gasteiger partial charge < -0.3 is 14.5 Å². The number of hydrogen-bond acceptors (Lipinski definition) is 6. The number of rotatable bonds is 9. The number of carbonyl (C=O) groups is 1. The molecule has 0 spiro atoms. The van der Waals surface area contributed by atoms with Gasteiger partial charge >= 0.3 is 5.97 Å². The van der Waals surface area contributed by atoms with E-state index in [1.807, 2.05) is 0 Å². The van der Waals surface area contributed by atoms with Crippen molar-refractivity contribution in [3.05, 3.63) is 83.2 Å². The summed E-state index contributed by atoms with van der Waals surface area (Å²) in [6.45, 7) is 12.4. The molecular weight excluding hydrogens is 442 g/mol. The third-order valence-electron chi connectivity index (χ3n) is 6.70. The number of fused-ring (bicyclic) bond motifs is 1. The van der Waals surface area contributed by atoms with Crippen molar-refractivity contribution in [3.63, 3.8) is 0 Å². The SMILES string of the molecule is CCN(CC)c1ccc(C2(c3ccc(N(CC)CC)cc3SC)OC(=O)c3cccnc32)cc1. The van der Waals surface area contributed by atoms with Crippen molar-refractivity contribution in [3.8, 4) is 0 Å². The monoisotopic (exact) mass is 475 g/mol. The highest BCUT2D eigenvalue weighted by Crippen LogP contribution is 2.49. The first kappa shape index (κ1) is 24.1. The number of hydrogen-bond donors (Lipinski definition) is 0. The molecule has 0 N–H and O–H groups in total. The molecule has 34 heavy (non-hydrogen) atoms. The van der Waals surface area contributed by atoms with Crippen LogP contribution in [0.1, 0.15) is 54.9 Å². The maximum Gasteiger partial charge on any atom is 0.341 e. The molecule has 1 aromatic heterocycles. The second-order valence-electron chi connectivity index (χ2n) is 8.25. The van der Waals surface area contributed by atoms with Crippen molar-refractivity contribution >= 4 is 29.1 Å². The number of thioether (sulfide) groups is 1. The maximum absolute atomic E-state index is 13.1. The number of benzene rings is 2. The van der Waals surface area contributed by atoms with Crippen molar-refractivity contribution in [1.29, 1.82) is 0 Å². The highest BCUT2D eigenvalue weighted by Gasteiger charge is 2.51. The van der Waals surface area contributed by atoms with Gasteiger partial charge in [0.25, 0.3) is 0 Å². The van der Waals surface area contributed by atoms with Crippen LogP contribution < -0.4 is 9.80 Å². The quantitative estimate of drug-likeness (QED) is 0.281. The van der Waals surface area contributed by atoms with Gasteiger partial charge in [-0.3, -0.25) is 4.98 Å². The molecule has 0 saturated carbocycles. The van der Waals surface area contributed by atoms with Crippen molar-refractivity contribution in [2.24, 2.45) is 0 Å². The van der Waals surface area contributed by atoms with Crippen LogP contribution >= 0.6 is 11.8 Å². The van der Waals surface area contributed by atoms with Gasteiger partial charge in [0.1, 0.15) is 5.69 Å². The molecule has 178 valence electrons. The first-order valence-corrected chi connectivity index (χ1v) is 13.2. The third-order valence-corrected chi connectivity index (χ3v) is 7.48. The number of nitrogens with zero attached hydrogens (tertiary/aromatic N) is 3. The van der Waals surface area contributed by atoms with Gasteiger partial charge in [-0.15, -0.1) is 11.8 Å². The van der Waals surface area contributed by atoms with Crippen LogP contribution in [-0.4, -0.2) is 43.4 Å². The molecule has 2 aromatic carbocycles. The number of carbonyl (C=O) groups excluding carboxylic acids is 1. The van der Waals surface area contributed by atoms with E-state index in [1.54, 1.807) is 30.1 Å². The molecule has 3 aromatic rings. The van der Waals surface area contributed by atoms with Gasteiger partial charge in [0, 0.05) is 59.8 Å². The molecule has 0 amide bonds. The fraction of sp³-hybridized carbons (Fsp3) is 0.357. The van der Waals surface area contributed by atoms with E-state index in [0.717, 1.165) is 53.6 Å². The Morgan fingerprint density at radius 3 is 2.12 bits per heavy atom. The predicted octanol–water partition coefficient (Wildman–Crippen LogP) is 5.96. The molecular formula is C28H33N3O2S. The fourth-order valence-corrected chi connectivity index (χ4v) is 5.55. The number of aromatic nitrogens is 1. The number of anilines is 2. The van der Waals surface area contributed by atoms with Crippen LogP contribution in [0.3, 0.4) is 0 Å². The molecule has 0 fully saturated rings. The van der Waals surface area contributed by atoms with Crippen molar-refractivity contribution in [2.45, 2.75) is 38.2 Å². The van der Waals surface area contributed by atoms with Gasteiger partial charge in [-0.05, 0) is 70.3 Å². The van der Waals surface area contributed by atoms with Crippen molar-refractivity contribution < 1.29 is 9.53 Å². The molecule has 1 unspecified atom stereocenters.